The highest BCUT2D eigenvalue weighted by Crippen LogP contribution is 2.48. The van der Waals surface area contributed by atoms with Gasteiger partial charge in [-0.3, -0.25) is 4.90 Å². The molecule has 0 radical (unpaired) electrons. The molecule has 5 atom stereocenters. The number of fused-ring (bicyclic) bond motifs is 6. The van der Waals surface area contributed by atoms with Crippen LogP contribution in [0.25, 0.3) is 10.9 Å². The summed E-state index contributed by atoms with van der Waals surface area (Å²) in [6.07, 6.45) is 6.86. The van der Waals surface area contributed by atoms with Crippen molar-refractivity contribution in [2.45, 2.75) is 57.6 Å². The van der Waals surface area contributed by atoms with E-state index in [1.165, 1.54) is 55.4 Å². The highest BCUT2D eigenvalue weighted by molar-refractivity contribution is 5.85. The summed E-state index contributed by atoms with van der Waals surface area (Å²) in [7, 11) is 0. The highest BCUT2D eigenvalue weighted by atomic mass is 16.3. The molecule has 0 amide bonds. The number of para-hydroxylation sites is 1. The third-order valence-corrected chi connectivity index (χ3v) is 7.80. The Kier molecular flexibility index (Phi) is 5.20. The van der Waals surface area contributed by atoms with E-state index in [0.29, 0.717) is 17.9 Å². The average molecular weight is 382 g/mol. The molecule has 4 nitrogen and oxygen atoms in total. The lowest BCUT2D eigenvalue weighted by molar-refractivity contribution is -0.0549. The Morgan fingerprint density at radius 3 is 3.04 bits per heavy atom. The molecule has 2 aliphatic heterocycles. The lowest BCUT2D eigenvalue weighted by atomic mass is 9.65. The first-order valence-electron chi connectivity index (χ1n) is 11.5. The summed E-state index contributed by atoms with van der Waals surface area (Å²) in [5, 5.41) is 15.9. The molecule has 28 heavy (non-hydrogen) atoms. The van der Waals surface area contributed by atoms with E-state index >= 15 is 0 Å². The van der Waals surface area contributed by atoms with Crippen LogP contribution in [0.15, 0.2) is 24.3 Å². The van der Waals surface area contributed by atoms with E-state index in [-0.39, 0.29) is 6.10 Å². The van der Waals surface area contributed by atoms with Gasteiger partial charge in [-0.2, -0.15) is 0 Å². The topological polar surface area (TPSA) is 51.3 Å². The Morgan fingerprint density at radius 2 is 2.14 bits per heavy atom. The van der Waals surface area contributed by atoms with Gasteiger partial charge in [0, 0.05) is 42.1 Å². The molecule has 152 valence electrons. The fourth-order valence-corrected chi connectivity index (χ4v) is 6.31. The Balaban J connectivity index is 1.39. The molecule has 3 N–H and O–H groups in total. The van der Waals surface area contributed by atoms with Gasteiger partial charge in [0.25, 0.3) is 0 Å². The molecule has 3 aliphatic rings. The van der Waals surface area contributed by atoms with Crippen LogP contribution in [0.3, 0.4) is 0 Å². The maximum absolute atomic E-state index is 10.8. The van der Waals surface area contributed by atoms with Gasteiger partial charge in [0.05, 0.1) is 12.1 Å². The van der Waals surface area contributed by atoms with E-state index in [4.69, 9.17) is 0 Å². The van der Waals surface area contributed by atoms with E-state index in [1.54, 1.807) is 5.56 Å². The van der Waals surface area contributed by atoms with Gasteiger partial charge in [-0.15, -0.1) is 0 Å². The zero-order chi connectivity index (χ0) is 19.1. The Morgan fingerprint density at radius 1 is 1.25 bits per heavy atom. The first-order valence-corrected chi connectivity index (χ1v) is 11.5. The number of aliphatic hydroxyl groups is 1. The number of nitrogens with zero attached hydrogens (tertiary/aromatic N) is 1. The van der Waals surface area contributed by atoms with Gasteiger partial charge < -0.3 is 15.4 Å². The van der Waals surface area contributed by atoms with Gasteiger partial charge >= 0.3 is 0 Å². The minimum absolute atomic E-state index is 0.132. The number of H-pyrrole nitrogens is 1. The predicted octanol–water partition coefficient (Wildman–Crippen LogP) is 3.86. The number of hydrogen-bond acceptors (Lipinski definition) is 3. The fourth-order valence-electron chi connectivity index (χ4n) is 6.31. The van der Waals surface area contributed by atoms with E-state index in [1.807, 2.05) is 0 Å². The van der Waals surface area contributed by atoms with Crippen molar-refractivity contribution < 1.29 is 5.11 Å². The second-order valence-electron chi connectivity index (χ2n) is 9.35. The summed E-state index contributed by atoms with van der Waals surface area (Å²) < 4.78 is 0. The van der Waals surface area contributed by atoms with Crippen LogP contribution in [0.5, 0.6) is 0 Å². The van der Waals surface area contributed by atoms with Crippen molar-refractivity contribution in [3.63, 3.8) is 0 Å². The Bertz CT molecular complexity index is 815. The molecule has 1 saturated carbocycles. The van der Waals surface area contributed by atoms with Crippen molar-refractivity contribution in [1.82, 2.24) is 15.2 Å². The van der Waals surface area contributed by atoms with E-state index < -0.39 is 0 Å². The van der Waals surface area contributed by atoms with E-state index in [0.717, 1.165) is 31.8 Å². The number of aromatic amines is 1. The zero-order valence-corrected chi connectivity index (χ0v) is 17.2. The summed E-state index contributed by atoms with van der Waals surface area (Å²) in [5.41, 5.74) is 4.30. The second kappa shape index (κ2) is 7.81. The molecule has 4 heteroatoms. The lowest BCUT2D eigenvalue weighted by Crippen LogP contribution is -2.53. The first-order chi connectivity index (χ1) is 13.8. The summed E-state index contributed by atoms with van der Waals surface area (Å²) in [6, 6.07) is 9.29. The van der Waals surface area contributed by atoms with Gasteiger partial charge in [-0.25, -0.2) is 0 Å². The number of rotatable bonds is 5. The monoisotopic (exact) mass is 381 g/mol. The molecule has 0 spiro atoms. The molecular weight excluding hydrogens is 346 g/mol. The summed E-state index contributed by atoms with van der Waals surface area (Å²) >= 11 is 0. The minimum Gasteiger partial charge on any atom is -0.393 e. The highest BCUT2D eigenvalue weighted by Gasteiger charge is 2.46. The number of unbranched alkanes of at least 4 members (excludes halogenated alkanes) is 1. The number of aromatic nitrogens is 1. The van der Waals surface area contributed by atoms with Crippen molar-refractivity contribution in [2.24, 2.45) is 17.8 Å². The molecule has 1 aromatic carbocycles. The third-order valence-electron chi connectivity index (χ3n) is 7.80. The number of hydrogen-bond donors (Lipinski definition) is 3. The normalized spacial score (nSPS) is 32.7. The maximum Gasteiger partial charge on any atom is 0.0583 e. The van der Waals surface area contributed by atoms with Crippen LogP contribution >= 0.6 is 0 Å². The molecule has 1 aromatic heterocycles. The van der Waals surface area contributed by atoms with Gasteiger partial charge in [-0.05, 0) is 62.1 Å². The quantitative estimate of drug-likeness (QED) is 0.689. The van der Waals surface area contributed by atoms with Crippen LogP contribution in [0.2, 0.25) is 0 Å². The minimum atomic E-state index is -0.132. The summed E-state index contributed by atoms with van der Waals surface area (Å²) in [4.78, 5) is 6.51. The fraction of sp³-hybridized carbons (Fsp3) is 0.667. The van der Waals surface area contributed by atoms with Crippen LogP contribution in [-0.4, -0.2) is 47.3 Å². The first kappa shape index (κ1) is 18.7. The second-order valence-corrected chi connectivity index (χ2v) is 9.35. The SMILES string of the molecule is CCCCNC[C@@H]1[C@H]2C[C@@H]3c4[nH]c5ccccc5c4CCN3C[C@@H]2CC[C@@H]1O. The van der Waals surface area contributed by atoms with Crippen molar-refractivity contribution >= 4 is 10.9 Å². The Labute approximate surface area is 168 Å². The van der Waals surface area contributed by atoms with E-state index in [9.17, 15) is 5.11 Å². The predicted molar refractivity (Wildman–Crippen MR) is 114 cm³/mol. The molecule has 0 bridgehead atoms. The molecule has 1 saturated heterocycles. The van der Waals surface area contributed by atoms with Gasteiger partial charge in [-0.1, -0.05) is 31.5 Å². The Hall–Kier alpha value is -1.36. The number of nitrogens with one attached hydrogen (secondary N) is 2. The largest absolute Gasteiger partial charge is 0.393 e. The molecule has 2 aromatic rings. The third kappa shape index (κ3) is 3.20. The van der Waals surface area contributed by atoms with Crippen LogP contribution in [0, 0.1) is 17.8 Å². The molecule has 2 fully saturated rings. The summed E-state index contributed by atoms with van der Waals surface area (Å²) in [6.45, 7) is 6.70. The average Bonchev–Trinajstić information content (AvgIpc) is 3.10. The van der Waals surface area contributed by atoms with Crippen LogP contribution < -0.4 is 5.32 Å². The number of piperidine rings is 1. The standard InChI is InChI=1S/C24H35N3O/c1-2-3-11-25-14-20-19-13-22-24-18(17-6-4-5-7-21(17)26-24)10-12-27(22)15-16(19)8-9-23(20)28/h4-7,16,19-20,22-23,25-26,28H,2-3,8-15H2,1H3/t16-,19-,20+,22+,23-/m0/s1. The van der Waals surface area contributed by atoms with Crippen LogP contribution in [0.4, 0.5) is 0 Å². The summed E-state index contributed by atoms with van der Waals surface area (Å²) in [5.74, 6) is 1.80. The van der Waals surface area contributed by atoms with E-state index in [2.05, 4.69) is 46.4 Å². The number of benzene rings is 1. The zero-order valence-electron chi connectivity index (χ0n) is 17.2. The smallest absolute Gasteiger partial charge is 0.0583 e. The molecule has 5 rings (SSSR count). The van der Waals surface area contributed by atoms with Crippen molar-refractivity contribution in [1.29, 1.82) is 0 Å². The molecule has 1 aliphatic carbocycles. The van der Waals surface area contributed by atoms with Crippen LogP contribution in [-0.2, 0) is 6.42 Å². The molecular formula is C24H35N3O. The van der Waals surface area contributed by atoms with Gasteiger partial charge in [0.1, 0.15) is 0 Å². The molecule has 3 heterocycles. The lowest BCUT2D eigenvalue weighted by Gasteiger charge is -2.51. The van der Waals surface area contributed by atoms with Gasteiger partial charge in [0.15, 0.2) is 0 Å². The van der Waals surface area contributed by atoms with Crippen molar-refractivity contribution in [3.05, 3.63) is 35.5 Å². The van der Waals surface area contributed by atoms with Crippen molar-refractivity contribution in [2.75, 3.05) is 26.2 Å². The maximum atomic E-state index is 10.8. The molecule has 0 unspecified atom stereocenters. The van der Waals surface area contributed by atoms with Crippen LogP contribution in [0.1, 0.15) is 56.3 Å². The number of aliphatic hydroxyl groups excluding tert-OH is 1. The van der Waals surface area contributed by atoms with Crippen molar-refractivity contribution in [3.8, 4) is 0 Å². The van der Waals surface area contributed by atoms with Gasteiger partial charge in [0.2, 0.25) is 0 Å².